The van der Waals surface area contributed by atoms with E-state index in [0.717, 1.165) is 30.8 Å². The van der Waals surface area contributed by atoms with Crippen LogP contribution in [0.15, 0.2) is 16.3 Å². The van der Waals surface area contributed by atoms with E-state index in [-0.39, 0.29) is 9.20 Å². The Kier molecular flexibility index (Phi) is 5.37. The number of likely N-dealkylation sites (tertiary alicyclic amines) is 1. The standard InChI is InChI=1S/C13H21N3O2S3/c1-9(2)16-6-5-10(8-16)7-15-21(17,18)12-4-3-11(20-12)13(14)19/h3-4,9-10,15H,5-8H2,1-2H3,(H2,14,19). The van der Waals surface area contributed by atoms with Crippen molar-refractivity contribution in [3.05, 3.63) is 17.0 Å². The largest absolute Gasteiger partial charge is 0.389 e. The van der Waals surface area contributed by atoms with Crippen molar-refractivity contribution >= 4 is 38.6 Å². The third-order valence-corrected chi connectivity index (χ3v) is 7.08. The molecule has 1 aromatic rings. The molecule has 0 bridgehead atoms. The number of thiocarbonyl (C=S) groups is 1. The van der Waals surface area contributed by atoms with Gasteiger partial charge in [0.1, 0.15) is 9.20 Å². The van der Waals surface area contributed by atoms with Gasteiger partial charge >= 0.3 is 0 Å². The predicted octanol–water partition coefficient (Wildman–Crippen LogP) is 1.39. The Hall–Kier alpha value is -0.540. The summed E-state index contributed by atoms with van der Waals surface area (Å²) in [6.07, 6.45) is 1.03. The van der Waals surface area contributed by atoms with Crippen molar-refractivity contribution in [2.75, 3.05) is 19.6 Å². The SMILES string of the molecule is CC(C)N1CCC(CNS(=O)(=O)c2ccc(C(N)=S)s2)C1. The normalized spacial score (nSPS) is 20.2. The Morgan fingerprint density at radius 3 is 2.81 bits per heavy atom. The lowest BCUT2D eigenvalue weighted by atomic mass is 10.1. The average Bonchev–Trinajstić information content (AvgIpc) is 3.06. The lowest BCUT2D eigenvalue weighted by Gasteiger charge is -2.20. The molecule has 0 radical (unpaired) electrons. The summed E-state index contributed by atoms with van der Waals surface area (Å²) in [6, 6.07) is 3.71. The van der Waals surface area contributed by atoms with E-state index in [1.54, 1.807) is 12.1 Å². The summed E-state index contributed by atoms with van der Waals surface area (Å²) in [4.78, 5) is 3.22. The van der Waals surface area contributed by atoms with E-state index in [1.165, 1.54) is 0 Å². The van der Waals surface area contributed by atoms with Crippen molar-refractivity contribution in [2.24, 2.45) is 11.7 Å². The lowest BCUT2D eigenvalue weighted by Crippen LogP contribution is -2.32. The fourth-order valence-electron chi connectivity index (χ4n) is 2.39. The molecular weight excluding hydrogens is 326 g/mol. The van der Waals surface area contributed by atoms with Crippen molar-refractivity contribution < 1.29 is 8.42 Å². The average molecular weight is 348 g/mol. The van der Waals surface area contributed by atoms with E-state index in [1.807, 2.05) is 0 Å². The molecule has 2 rings (SSSR count). The van der Waals surface area contributed by atoms with Gasteiger partial charge in [0.15, 0.2) is 0 Å². The van der Waals surface area contributed by atoms with Crippen LogP contribution in [0.3, 0.4) is 0 Å². The molecule has 1 aromatic heterocycles. The highest BCUT2D eigenvalue weighted by atomic mass is 32.2. The van der Waals surface area contributed by atoms with Crippen molar-refractivity contribution in [3.63, 3.8) is 0 Å². The molecule has 2 heterocycles. The van der Waals surface area contributed by atoms with Crippen LogP contribution in [-0.2, 0) is 10.0 Å². The van der Waals surface area contributed by atoms with Crippen LogP contribution < -0.4 is 10.5 Å². The smallest absolute Gasteiger partial charge is 0.250 e. The molecule has 0 spiro atoms. The fraction of sp³-hybridized carbons (Fsp3) is 0.615. The molecule has 118 valence electrons. The molecule has 1 unspecified atom stereocenters. The van der Waals surface area contributed by atoms with Crippen LogP contribution in [-0.4, -0.2) is 44.0 Å². The summed E-state index contributed by atoms with van der Waals surface area (Å²) in [5, 5.41) is 0. The van der Waals surface area contributed by atoms with E-state index >= 15 is 0 Å². The van der Waals surface area contributed by atoms with E-state index in [2.05, 4.69) is 23.5 Å². The Morgan fingerprint density at radius 1 is 1.57 bits per heavy atom. The first-order valence-electron chi connectivity index (χ1n) is 6.93. The van der Waals surface area contributed by atoms with Gasteiger partial charge in [0.05, 0.1) is 4.88 Å². The summed E-state index contributed by atoms with van der Waals surface area (Å²) in [6.45, 7) is 6.79. The molecule has 1 aliphatic rings. The molecule has 8 heteroatoms. The fourth-order valence-corrected chi connectivity index (χ4v) is 4.91. The van der Waals surface area contributed by atoms with E-state index in [9.17, 15) is 8.42 Å². The van der Waals surface area contributed by atoms with Gasteiger partial charge in [-0.15, -0.1) is 11.3 Å². The van der Waals surface area contributed by atoms with Crippen LogP contribution in [0.2, 0.25) is 0 Å². The van der Waals surface area contributed by atoms with Gasteiger partial charge in [-0.05, 0) is 44.9 Å². The summed E-state index contributed by atoms with van der Waals surface area (Å²) in [5.41, 5.74) is 5.51. The summed E-state index contributed by atoms with van der Waals surface area (Å²) in [7, 11) is -3.46. The van der Waals surface area contributed by atoms with E-state index < -0.39 is 10.0 Å². The zero-order valence-electron chi connectivity index (χ0n) is 12.2. The molecule has 21 heavy (non-hydrogen) atoms. The molecular formula is C13H21N3O2S3. The monoisotopic (exact) mass is 347 g/mol. The van der Waals surface area contributed by atoms with Gasteiger partial charge in [0.25, 0.3) is 0 Å². The van der Waals surface area contributed by atoms with Gasteiger partial charge in [-0.3, -0.25) is 0 Å². The second-order valence-corrected chi connectivity index (χ2v) is 9.10. The minimum Gasteiger partial charge on any atom is -0.389 e. The van der Waals surface area contributed by atoms with Gasteiger partial charge in [-0.1, -0.05) is 12.2 Å². The van der Waals surface area contributed by atoms with Crippen LogP contribution in [0, 0.1) is 5.92 Å². The van der Waals surface area contributed by atoms with Gasteiger partial charge in [-0.25, -0.2) is 13.1 Å². The van der Waals surface area contributed by atoms with Crippen molar-refractivity contribution in [2.45, 2.75) is 30.5 Å². The number of thiophene rings is 1. The molecule has 5 nitrogen and oxygen atoms in total. The minimum absolute atomic E-state index is 0.227. The third-order valence-electron chi connectivity index (χ3n) is 3.70. The summed E-state index contributed by atoms with van der Waals surface area (Å²) in [5.74, 6) is 0.372. The Labute approximate surface area is 135 Å². The van der Waals surface area contributed by atoms with Crippen LogP contribution in [0.1, 0.15) is 25.1 Å². The minimum atomic E-state index is -3.46. The first-order valence-corrected chi connectivity index (χ1v) is 9.63. The summed E-state index contributed by atoms with van der Waals surface area (Å²) < 4.78 is 27.5. The molecule has 0 aromatic carbocycles. The number of sulfonamides is 1. The maximum absolute atomic E-state index is 12.2. The summed E-state index contributed by atoms with van der Waals surface area (Å²) >= 11 is 5.96. The maximum Gasteiger partial charge on any atom is 0.250 e. The highest BCUT2D eigenvalue weighted by molar-refractivity contribution is 7.91. The maximum atomic E-state index is 12.2. The first-order chi connectivity index (χ1) is 9.79. The topological polar surface area (TPSA) is 75.4 Å². The van der Waals surface area contributed by atoms with Crippen LogP contribution >= 0.6 is 23.6 Å². The molecule has 3 N–H and O–H groups in total. The van der Waals surface area contributed by atoms with Crippen molar-refractivity contribution in [3.8, 4) is 0 Å². The molecule has 1 atom stereocenters. The van der Waals surface area contributed by atoms with Crippen molar-refractivity contribution in [1.82, 2.24) is 9.62 Å². The van der Waals surface area contributed by atoms with E-state index in [0.29, 0.717) is 23.4 Å². The predicted molar refractivity (Wildman–Crippen MR) is 90.2 cm³/mol. The second kappa shape index (κ2) is 6.70. The number of rotatable bonds is 6. The molecule has 1 saturated heterocycles. The molecule has 0 saturated carbocycles. The Balaban J connectivity index is 1.94. The first kappa shape index (κ1) is 16.8. The third kappa shape index (κ3) is 4.23. The Morgan fingerprint density at radius 2 is 2.29 bits per heavy atom. The molecule has 1 fully saturated rings. The number of hydrogen-bond donors (Lipinski definition) is 2. The number of nitrogens with zero attached hydrogens (tertiary/aromatic N) is 1. The van der Waals surface area contributed by atoms with Crippen LogP contribution in [0.25, 0.3) is 0 Å². The number of hydrogen-bond acceptors (Lipinski definition) is 5. The quantitative estimate of drug-likeness (QED) is 0.761. The van der Waals surface area contributed by atoms with Gasteiger partial charge in [0, 0.05) is 19.1 Å². The number of nitrogens with one attached hydrogen (secondary N) is 1. The zero-order valence-corrected chi connectivity index (χ0v) is 14.7. The second-order valence-electron chi connectivity index (χ2n) is 5.58. The molecule has 0 aliphatic carbocycles. The van der Waals surface area contributed by atoms with E-state index in [4.69, 9.17) is 18.0 Å². The van der Waals surface area contributed by atoms with Crippen molar-refractivity contribution in [1.29, 1.82) is 0 Å². The van der Waals surface area contributed by atoms with Gasteiger partial charge in [0.2, 0.25) is 10.0 Å². The van der Waals surface area contributed by atoms with Gasteiger partial charge < -0.3 is 10.6 Å². The van der Waals surface area contributed by atoms with Gasteiger partial charge in [-0.2, -0.15) is 0 Å². The zero-order chi connectivity index (χ0) is 15.6. The van der Waals surface area contributed by atoms with Crippen LogP contribution in [0.4, 0.5) is 0 Å². The number of nitrogens with two attached hydrogens (primary N) is 1. The highest BCUT2D eigenvalue weighted by Gasteiger charge is 2.26. The molecule has 0 amide bonds. The van der Waals surface area contributed by atoms with Crippen LogP contribution in [0.5, 0.6) is 0 Å². The highest BCUT2D eigenvalue weighted by Crippen LogP contribution is 2.22. The lowest BCUT2D eigenvalue weighted by molar-refractivity contribution is 0.265. The Bertz CT molecular complexity index is 610. The molecule has 1 aliphatic heterocycles.